The van der Waals surface area contributed by atoms with Crippen LogP contribution < -0.4 is 11.1 Å². The number of amides is 1. The van der Waals surface area contributed by atoms with E-state index in [4.69, 9.17) is 10.5 Å². The number of benzene rings is 1. The van der Waals surface area contributed by atoms with Crippen molar-refractivity contribution in [2.75, 3.05) is 6.54 Å². The molecule has 8 nitrogen and oxygen atoms in total. The third kappa shape index (κ3) is 6.17. The zero-order valence-corrected chi connectivity index (χ0v) is 14.8. The van der Waals surface area contributed by atoms with Crippen molar-refractivity contribution in [3.63, 3.8) is 0 Å². The third-order valence-corrected chi connectivity index (χ3v) is 4.10. The maximum absolute atomic E-state index is 12.1. The summed E-state index contributed by atoms with van der Waals surface area (Å²) >= 11 is 0. The van der Waals surface area contributed by atoms with Crippen molar-refractivity contribution in [1.82, 2.24) is 5.32 Å². The Bertz CT molecular complexity index is 709. The van der Waals surface area contributed by atoms with E-state index in [-0.39, 0.29) is 11.4 Å². The van der Waals surface area contributed by atoms with Crippen LogP contribution in [0.5, 0.6) is 0 Å². The highest BCUT2D eigenvalue weighted by Crippen LogP contribution is 2.17. The Labute approximate surface area is 141 Å². The number of hydrogen-bond acceptors (Lipinski definition) is 7. The summed E-state index contributed by atoms with van der Waals surface area (Å²) in [6.07, 6.45) is -0.771. The predicted molar refractivity (Wildman–Crippen MR) is 86.7 cm³/mol. The second-order valence-corrected chi connectivity index (χ2v) is 7.63. The first kappa shape index (κ1) is 19.9. The zero-order chi connectivity index (χ0) is 18.5. The Balaban J connectivity index is 2.64. The average molecular weight is 358 g/mol. The van der Waals surface area contributed by atoms with Gasteiger partial charge in [-0.2, -0.15) is 8.42 Å². The topological polar surface area (TPSA) is 125 Å². The molecule has 1 amide bonds. The minimum absolute atomic E-state index is 0.120. The lowest BCUT2D eigenvalue weighted by Gasteiger charge is -2.20. The molecule has 0 radical (unpaired) electrons. The lowest BCUT2D eigenvalue weighted by atomic mass is 10.2. The number of hydrogen-bond donors (Lipinski definition) is 2. The Morgan fingerprint density at radius 2 is 1.83 bits per heavy atom. The SMILES string of the molecule is Cc1ccccc1S(=O)(=O)OC(=O)[C@@H](N)CNC(=O)OC(C)(C)C. The van der Waals surface area contributed by atoms with Gasteiger partial charge in [-0.25, -0.2) is 9.59 Å². The summed E-state index contributed by atoms with van der Waals surface area (Å²) in [5.41, 5.74) is 5.27. The smallest absolute Gasteiger partial charge is 0.407 e. The molecule has 0 aliphatic rings. The molecular weight excluding hydrogens is 336 g/mol. The van der Waals surface area contributed by atoms with Crippen molar-refractivity contribution in [2.24, 2.45) is 5.73 Å². The first-order chi connectivity index (χ1) is 10.9. The standard InChI is InChI=1S/C15H22N2O6S/c1-10-7-5-6-8-12(10)24(20,21)23-13(18)11(16)9-17-14(19)22-15(2,3)4/h5-8,11H,9,16H2,1-4H3,(H,17,19)/t11-/m0/s1. The van der Waals surface area contributed by atoms with Crippen LogP contribution in [0.4, 0.5) is 4.79 Å². The van der Waals surface area contributed by atoms with Crippen LogP contribution in [0.3, 0.4) is 0 Å². The number of alkyl carbamates (subject to hydrolysis) is 1. The summed E-state index contributed by atoms with van der Waals surface area (Å²) in [6, 6.07) is 4.72. The zero-order valence-electron chi connectivity index (χ0n) is 14.0. The number of carbonyl (C=O) groups excluding carboxylic acids is 2. The van der Waals surface area contributed by atoms with Gasteiger partial charge in [0.05, 0.1) is 0 Å². The van der Waals surface area contributed by atoms with E-state index in [2.05, 4.69) is 9.50 Å². The molecule has 134 valence electrons. The van der Waals surface area contributed by atoms with Crippen molar-refractivity contribution in [1.29, 1.82) is 0 Å². The minimum Gasteiger partial charge on any atom is -0.444 e. The first-order valence-corrected chi connectivity index (χ1v) is 8.59. The molecule has 0 aromatic heterocycles. The van der Waals surface area contributed by atoms with E-state index in [1.54, 1.807) is 39.8 Å². The Hall–Kier alpha value is -2.13. The van der Waals surface area contributed by atoms with E-state index in [0.717, 1.165) is 0 Å². The summed E-state index contributed by atoms with van der Waals surface area (Å²) in [7, 11) is -4.28. The second-order valence-electron chi connectivity index (χ2n) is 6.11. The van der Waals surface area contributed by atoms with Gasteiger partial charge < -0.3 is 20.0 Å². The molecule has 0 aliphatic heterocycles. The second kappa shape index (κ2) is 7.63. The largest absolute Gasteiger partial charge is 0.444 e. The predicted octanol–water partition coefficient (Wildman–Crippen LogP) is 1.08. The highest BCUT2D eigenvalue weighted by Gasteiger charge is 2.26. The van der Waals surface area contributed by atoms with Crippen LogP contribution >= 0.6 is 0 Å². The van der Waals surface area contributed by atoms with E-state index < -0.39 is 33.8 Å². The molecule has 0 bridgehead atoms. The van der Waals surface area contributed by atoms with Gasteiger partial charge in [0.15, 0.2) is 0 Å². The van der Waals surface area contributed by atoms with Crippen LogP contribution in [-0.2, 0) is 23.8 Å². The van der Waals surface area contributed by atoms with Gasteiger partial charge >= 0.3 is 22.2 Å². The van der Waals surface area contributed by atoms with Crippen molar-refractivity contribution in [3.8, 4) is 0 Å². The molecular formula is C15H22N2O6S. The molecule has 0 aliphatic carbocycles. The minimum atomic E-state index is -4.28. The normalized spacial score (nSPS) is 13.0. The van der Waals surface area contributed by atoms with Crippen LogP contribution in [0.2, 0.25) is 0 Å². The molecule has 24 heavy (non-hydrogen) atoms. The summed E-state index contributed by atoms with van der Waals surface area (Å²) in [6.45, 7) is 6.28. The molecule has 0 spiro atoms. The van der Waals surface area contributed by atoms with Crippen molar-refractivity contribution >= 4 is 22.2 Å². The summed E-state index contributed by atoms with van der Waals surface area (Å²) in [5.74, 6) is -1.17. The quantitative estimate of drug-likeness (QED) is 0.754. The van der Waals surface area contributed by atoms with Crippen LogP contribution in [0.15, 0.2) is 29.2 Å². The lowest BCUT2D eigenvalue weighted by Crippen LogP contribution is -2.45. The molecule has 1 aromatic carbocycles. The van der Waals surface area contributed by atoms with Gasteiger partial charge in [-0.05, 0) is 39.3 Å². The number of rotatable bonds is 5. The molecule has 1 atom stereocenters. The number of nitrogens with one attached hydrogen (secondary N) is 1. The fourth-order valence-electron chi connectivity index (χ4n) is 1.64. The molecule has 0 fully saturated rings. The van der Waals surface area contributed by atoms with E-state index in [1.165, 1.54) is 12.1 Å². The Kier molecular flexibility index (Phi) is 6.33. The van der Waals surface area contributed by atoms with Crippen molar-refractivity contribution in [2.45, 2.75) is 44.2 Å². The number of nitrogens with two attached hydrogens (primary N) is 1. The van der Waals surface area contributed by atoms with Crippen LogP contribution in [0, 0.1) is 6.92 Å². The van der Waals surface area contributed by atoms with Crippen molar-refractivity contribution < 1.29 is 26.9 Å². The molecule has 3 N–H and O–H groups in total. The van der Waals surface area contributed by atoms with Crippen LogP contribution in [0.1, 0.15) is 26.3 Å². The number of aryl methyl sites for hydroxylation is 1. The fraction of sp³-hybridized carbons (Fsp3) is 0.467. The molecule has 0 saturated heterocycles. The number of ether oxygens (including phenoxy) is 1. The van der Waals surface area contributed by atoms with E-state index in [0.29, 0.717) is 5.56 Å². The monoisotopic (exact) mass is 358 g/mol. The van der Waals surface area contributed by atoms with Crippen LogP contribution in [-0.4, -0.2) is 38.7 Å². The van der Waals surface area contributed by atoms with Gasteiger partial charge in [0.25, 0.3) is 0 Å². The molecule has 1 aromatic rings. The highest BCUT2D eigenvalue weighted by molar-refractivity contribution is 7.87. The number of carbonyl (C=O) groups is 2. The summed E-state index contributed by atoms with van der Waals surface area (Å²) in [4.78, 5) is 23.2. The van der Waals surface area contributed by atoms with E-state index in [1.807, 2.05) is 0 Å². The van der Waals surface area contributed by atoms with Gasteiger partial charge in [0, 0.05) is 6.54 Å². The van der Waals surface area contributed by atoms with E-state index in [9.17, 15) is 18.0 Å². The molecule has 0 unspecified atom stereocenters. The lowest BCUT2D eigenvalue weighted by molar-refractivity contribution is -0.135. The van der Waals surface area contributed by atoms with Gasteiger partial charge in [-0.15, -0.1) is 0 Å². The van der Waals surface area contributed by atoms with Gasteiger partial charge in [-0.3, -0.25) is 0 Å². The summed E-state index contributed by atoms with van der Waals surface area (Å²) in [5, 5.41) is 2.27. The average Bonchev–Trinajstić information content (AvgIpc) is 2.42. The maximum Gasteiger partial charge on any atom is 0.407 e. The Morgan fingerprint density at radius 1 is 1.25 bits per heavy atom. The van der Waals surface area contributed by atoms with Crippen molar-refractivity contribution in [3.05, 3.63) is 29.8 Å². The Morgan fingerprint density at radius 3 is 2.38 bits per heavy atom. The third-order valence-electron chi connectivity index (χ3n) is 2.72. The molecule has 0 saturated carbocycles. The van der Waals surface area contributed by atoms with Gasteiger partial charge in [0.2, 0.25) is 0 Å². The molecule has 1 rings (SSSR count). The highest BCUT2D eigenvalue weighted by atomic mass is 32.2. The van der Waals surface area contributed by atoms with Gasteiger partial charge in [0.1, 0.15) is 16.5 Å². The van der Waals surface area contributed by atoms with Crippen LogP contribution in [0.25, 0.3) is 0 Å². The fourth-order valence-corrected chi connectivity index (χ4v) is 2.78. The first-order valence-electron chi connectivity index (χ1n) is 7.19. The van der Waals surface area contributed by atoms with E-state index >= 15 is 0 Å². The molecule has 9 heteroatoms. The van der Waals surface area contributed by atoms with Gasteiger partial charge in [-0.1, -0.05) is 18.2 Å². The maximum atomic E-state index is 12.1. The molecule has 0 heterocycles. The summed E-state index contributed by atoms with van der Waals surface area (Å²) < 4.78 is 33.7.